The predicted molar refractivity (Wildman–Crippen MR) is 91.4 cm³/mol. The molecule has 0 saturated carbocycles. The van der Waals surface area contributed by atoms with E-state index in [0.29, 0.717) is 5.69 Å². The van der Waals surface area contributed by atoms with Gasteiger partial charge in [0.15, 0.2) is 16.5 Å². The van der Waals surface area contributed by atoms with Gasteiger partial charge in [0, 0.05) is 19.0 Å². The van der Waals surface area contributed by atoms with Crippen LogP contribution in [0.15, 0.2) is 36.4 Å². The SMILES string of the molecule is O=C1Nc2nnc(Cl)cc2N2C[C@H](OCc3ccccc3)C[C@]12C(F)F. The van der Waals surface area contributed by atoms with E-state index in [1.165, 1.54) is 11.0 Å². The number of nitrogens with one attached hydrogen (secondary N) is 1. The fourth-order valence-electron chi connectivity index (χ4n) is 3.49. The van der Waals surface area contributed by atoms with Crippen molar-refractivity contribution in [2.75, 3.05) is 16.8 Å². The Hall–Kier alpha value is -2.32. The molecule has 0 unspecified atom stereocenters. The van der Waals surface area contributed by atoms with Crippen LogP contribution < -0.4 is 10.2 Å². The fraction of sp³-hybridized carbons (Fsp3) is 0.353. The quantitative estimate of drug-likeness (QED) is 0.883. The van der Waals surface area contributed by atoms with Gasteiger partial charge in [-0.1, -0.05) is 41.9 Å². The molecule has 9 heteroatoms. The minimum absolute atomic E-state index is 0.0664. The van der Waals surface area contributed by atoms with E-state index in [0.717, 1.165) is 5.56 Å². The largest absolute Gasteiger partial charge is 0.372 e. The molecule has 2 atom stereocenters. The Labute approximate surface area is 153 Å². The summed E-state index contributed by atoms with van der Waals surface area (Å²) in [5, 5.41) is 9.95. The van der Waals surface area contributed by atoms with Gasteiger partial charge in [-0.2, -0.15) is 0 Å². The molecule has 1 aromatic carbocycles. The molecule has 4 rings (SSSR count). The average Bonchev–Trinajstić information content (AvgIpc) is 3.04. The number of aromatic nitrogens is 2. The molecule has 1 fully saturated rings. The number of ether oxygens (including phenoxy) is 1. The van der Waals surface area contributed by atoms with E-state index in [-0.39, 0.29) is 30.5 Å². The number of hydrogen-bond donors (Lipinski definition) is 1. The van der Waals surface area contributed by atoms with E-state index in [4.69, 9.17) is 16.3 Å². The molecule has 2 aromatic rings. The standard InChI is InChI=1S/C17H15ClF2N4O2/c18-13-6-12-14(23-22-13)21-16(25)17(15(19)20)7-11(8-24(12)17)26-9-10-4-2-1-3-5-10/h1-6,11,15H,7-9H2,(H,21,23,25)/t11-,17+/m1/s1. The zero-order chi connectivity index (χ0) is 18.3. The predicted octanol–water partition coefficient (Wildman–Crippen LogP) is 2.88. The summed E-state index contributed by atoms with van der Waals surface area (Å²) < 4.78 is 33.9. The van der Waals surface area contributed by atoms with Crippen LogP contribution in [0.4, 0.5) is 20.3 Å². The number of nitrogens with zero attached hydrogens (tertiary/aromatic N) is 3. The van der Waals surface area contributed by atoms with Crippen LogP contribution in [0.5, 0.6) is 0 Å². The van der Waals surface area contributed by atoms with E-state index >= 15 is 0 Å². The lowest BCUT2D eigenvalue weighted by molar-refractivity contribution is -0.127. The van der Waals surface area contributed by atoms with Crippen molar-refractivity contribution in [2.24, 2.45) is 0 Å². The summed E-state index contributed by atoms with van der Waals surface area (Å²) in [5.74, 6) is -0.679. The summed E-state index contributed by atoms with van der Waals surface area (Å²) in [7, 11) is 0. The molecule has 1 aromatic heterocycles. The lowest BCUT2D eigenvalue weighted by atomic mass is 9.92. The second-order valence-electron chi connectivity index (χ2n) is 6.31. The van der Waals surface area contributed by atoms with Crippen LogP contribution in [-0.2, 0) is 16.1 Å². The van der Waals surface area contributed by atoms with Gasteiger partial charge in [0.05, 0.1) is 18.4 Å². The van der Waals surface area contributed by atoms with Crippen molar-refractivity contribution >= 4 is 29.0 Å². The number of anilines is 2. The second-order valence-corrected chi connectivity index (χ2v) is 6.70. The van der Waals surface area contributed by atoms with Crippen LogP contribution in [0.3, 0.4) is 0 Å². The number of halogens is 3. The van der Waals surface area contributed by atoms with Gasteiger partial charge >= 0.3 is 0 Å². The van der Waals surface area contributed by atoms with Crippen LogP contribution in [0, 0.1) is 0 Å². The molecule has 0 radical (unpaired) electrons. The topological polar surface area (TPSA) is 67.4 Å². The van der Waals surface area contributed by atoms with Crippen LogP contribution >= 0.6 is 11.6 Å². The number of rotatable bonds is 4. The number of alkyl halides is 2. The van der Waals surface area contributed by atoms with Gasteiger partial charge in [0.1, 0.15) is 0 Å². The van der Waals surface area contributed by atoms with Crippen LogP contribution in [0.2, 0.25) is 5.15 Å². The van der Waals surface area contributed by atoms with Crippen molar-refractivity contribution in [1.82, 2.24) is 10.2 Å². The number of carbonyl (C=O) groups is 1. The highest BCUT2D eigenvalue weighted by molar-refractivity contribution is 6.29. The van der Waals surface area contributed by atoms with E-state index in [1.54, 1.807) is 0 Å². The number of amides is 1. The van der Waals surface area contributed by atoms with Gasteiger partial charge in [-0.15, -0.1) is 10.2 Å². The summed E-state index contributed by atoms with van der Waals surface area (Å²) in [6.07, 6.45) is -3.55. The van der Waals surface area contributed by atoms with Gasteiger partial charge in [0.2, 0.25) is 0 Å². The fourth-order valence-corrected chi connectivity index (χ4v) is 3.63. The van der Waals surface area contributed by atoms with E-state index in [2.05, 4.69) is 15.5 Å². The van der Waals surface area contributed by atoms with Crippen molar-refractivity contribution in [3.8, 4) is 0 Å². The third-order valence-electron chi connectivity index (χ3n) is 4.76. The van der Waals surface area contributed by atoms with Crippen molar-refractivity contribution in [2.45, 2.75) is 31.1 Å². The lowest BCUT2D eigenvalue weighted by Crippen LogP contribution is -2.61. The van der Waals surface area contributed by atoms with Crippen molar-refractivity contribution in [3.05, 3.63) is 47.1 Å². The normalized spacial score (nSPS) is 24.4. The first-order chi connectivity index (χ1) is 12.5. The summed E-state index contributed by atoms with van der Waals surface area (Å²) in [5.41, 5.74) is -0.737. The Balaban J connectivity index is 1.63. The first kappa shape index (κ1) is 17.1. The van der Waals surface area contributed by atoms with Gasteiger partial charge in [0.25, 0.3) is 12.3 Å². The average molecular weight is 381 g/mol. The molecule has 26 heavy (non-hydrogen) atoms. The molecule has 1 N–H and O–H groups in total. The summed E-state index contributed by atoms with van der Waals surface area (Å²) >= 11 is 5.87. The van der Waals surface area contributed by atoms with Gasteiger partial charge in [-0.3, -0.25) is 4.79 Å². The number of benzene rings is 1. The Kier molecular flexibility index (Phi) is 4.24. The maximum absolute atomic E-state index is 14.0. The number of carbonyl (C=O) groups excluding carboxylic acids is 1. The highest BCUT2D eigenvalue weighted by Gasteiger charge is 2.61. The Morgan fingerprint density at radius 2 is 2.12 bits per heavy atom. The number of fused-ring (bicyclic) bond motifs is 3. The van der Waals surface area contributed by atoms with Gasteiger partial charge in [-0.25, -0.2) is 8.78 Å². The summed E-state index contributed by atoms with van der Waals surface area (Å²) in [6, 6.07) is 10.9. The highest BCUT2D eigenvalue weighted by atomic mass is 35.5. The van der Waals surface area contributed by atoms with E-state index in [1.807, 2.05) is 30.3 Å². The second kappa shape index (κ2) is 6.44. The summed E-state index contributed by atoms with van der Waals surface area (Å²) in [6.45, 7) is 0.419. The minimum Gasteiger partial charge on any atom is -0.372 e. The van der Waals surface area contributed by atoms with Crippen molar-refractivity contribution in [3.63, 3.8) is 0 Å². The molecule has 3 heterocycles. The number of hydrogen-bond acceptors (Lipinski definition) is 5. The molecule has 0 aliphatic carbocycles. The van der Waals surface area contributed by atoms with E-state index in [9.17, 15) is 13.6 Å². The molecule has 0 spiro atoms. The maximum atomic E-state index is 14.0. The first-order valence-electron chi connectivity index (χ1n) is 8.06. The molecule has 0 bridgehead atoms. The summed E-state index contributed by atoms with van der Waals surface area (Å²) in [4.78, 5) is 13.9. The van der Waals surface area contributed by atoms with Crippen LogP contribution in [0.1, 0.15) is 12.0 Å². The molecule has 2 aliphatic rings. The minimum atomic E-state index is -2.90. The zero-order valence-corrected chi connectivity index (χ0v) is 14.3. The Morgan fingerprint density at radius 3 is 2.85 bits per heavy atom. The Morgan fingerprint density at radius 1 is 1.35 bits per heavy atom. The zero-order valence-electron chi connectivity index (χ0n) is 13.5. The Bertz CT molecular complexity index is 839. The highest BCUT2D eigenvalue weighted by Crippen LogP contribution is 2.46. The molecule has 2 aliphatic heterocycles. The van der Waals surface area contributed by atoms with Crippen LogP contribution in [-0.4, -0.2) is 40.7 Å². The molecule has 6 nitrogen and oxygen atoms in total. The third kappa shape index (κ3) is 2.69. The lowest BCUT2D eigenvalue weighted by Gasteiger charge is -2.41. The molecule has 1 saturated heterocycles. The molecular weight excluding hydrogens is 366 g/mol. The first-order valence-corrected chi connectivity index (χ1v) is 8.44. The molecular formula is C17H15ClF2N4O2. The van der Waals surface area contributed by atoms with E-state index < -0.39 is 24.0 Å². The smallest absolute Gasteiger partial charge is 0.270 e. The molecule has 136 valence electrons. The van der Waals surface area contributed by atoms with Gasteiger partial charge < -0.3 is 15.0 Å². The van der Waals surface area contributed by atoms with Gasteiger partial charge in [-0.05, 0) is 5.56 Å². The maximum Gasteiger partial charge on any atom is 0.270 e. The monoisotopic (exact) mass is 380 g/mol. The molecule has 1 amide bonds. The van der Waals surface area contributed by atoms with Crippen molar-refractivity contribution < 1.29 is 18.3 Å². The third-order valence-corrected chi connectivity index (χ3v) is 4.94. The van der Waals surface area contributed by atoms with Crippen molar-refractivity contribution in [1.29, 1.82) is 0 Å². The van der Waals surface area contributed by atoms with Crippen LogP contribution in [0.25, 0.3) is 0 Å².